The molecule has 1 heterocycles. The van der Waals surface area contributed by atoms with E-state index in [1.165, 1.54) is 0 Å². The molecule has 1 aromatic heterocycles. The summed E-state index contributed by atoms with van der Waals surface area (Å²) in [5, 5.41) is 8.73. The molecule has 0 saturated carbocycles. The van der Waals surface area contributed by atoms with Gasteiger partial charge in [0.05, 0.1) is 0 Å². The Bertz CT molecular complexity index is 701. The molecular weight excluding hydrogens is 254 g/mol. The fraction of sp³-hybridized carbons (Fsp3) is 0.250. The predicted octanol–water partition coefficient (Wildman–Crippen LogP) is 2.47. The second-order valence-electron chi connectivity index (χ2n) is 4.91. The molecule has 2 rings (SSSR count). The molecule has 20 heavy (non-hydrogen) atoms. The second-order valence-corrected chi connectivity index (χ2v) is 4.91. The van der Waals surface area contributed by atoms with Crippen LogP contribution in [0.3, 0.4) is 0 Å². The van der Waals surface area contributed by atoms with E-state index in [0.29, 0.717) is 5.56 Å². The SMILES string of the molecule is Cc1cccc(-n2cc(CCC(=O)O)c(=O)cc2C)c1. The first-order valence-corrected chi connectivity index (χ1v) is 6.48. The monoisotopic (exact) mass is 271 g/mol. The van der Waals surface area contributed by atoms with E-state index in [-0.39, 0.29) is 18.3 Å². The van der Waals surface area contributed by atoms with Gasteiger partial charge >= 0.3 is 5.97 Å². The summed E-state index contributed by atoms with van der Waals surface area (Å²) in [5.41, 5.74) is 3.36. The van der Waals surface area contributed by atoms with Gasteiger partial charge in [-0.15, -0.1) is 0 Å². The van der Waals surface area contributed by atoms with Crippen LogP contribution in [0.25, 0.3) is 5.69 Å². The second kappa shape index (κ2) is 5.74. The zero-order chi connectivity index (χ0) is 14.7. The fourth-order valence-electron chi connectivity index (χ4n) is 2.16. The van der Waals surface area contributed by atoms with E-state index in [1.54, 1.807) is 12.3 Å². The third-order valence-corrected chi connectivity index (χ3v) is 3.21. The van der Waals surface area contributed by atoms with Gasteiger partial charge in [0.2, 0.25) is 0 Å². The molecule has 0 aliphatic carbocycles. The normalized spacial score (nSPS) is 10.5. The Morgan fingerprint density at radius 1 is 1.25 bits per heavy atom. The highest BCUT2D eigenvalue weighted by Crippen LogP contribution is 2.13. The van der Waals surface area contributed by atoms with Crippen molar-refractivity contribution >= 4 is 5.97 Å². The Hall–Kier alpha value is -2.36. The number of aliphatic carboxylic acids is 1. The number of carboxylic acids is 1. The van der Waals surface area contributed by atoms with Crippen LogP contribution in [0.1, 0.15) is 23.2 Å². The molecule has 4 nitrogen and oxygen atoms in total. The predicted molar refractivity (Wildman–Crippen MR) is 77.5 cm³/mol. The number of nitrogens with zero attached hydrogens (tertiary/aromatic N) is 1. The summed E-state index contributed by atoms with van der Waals surface area (Å²) >= 11 is 0. The topological polar surface area (TPSA) is 59.3 Å². The molecule has 1 N–H and O–H groups in total. The summed E-state index contributed by atoms with van der Waals surface area (Å²) in [6, 6.07) is 9.51. The number of aryl methyl sites for hydroxylation is 3. The first-order chi connectivity index (χ1) is 9.47. The lowest BCUT2D eigenvalue weighted by Gasteiger charge is -2.13. The average Bonchev–Trinajstić information content (AvgIpc) is 2.37. The van der Waals surface area contributed by atoms with Crippen molar-refractivity contribution in [2.75, 3.05) is 0 Å². The molecule has 0 unspecified atom stereocenters. The van der Waals surface area contributed by atoms with E-state index < -0.39 is 5.97 Å². The van der Waals surface area contributed by atoms with Gasteiger partial charge in [-0.05, 0) is 38.0 Å². The first kappa shape index (κ1) is 14.1. The lowest BCUT2D eigenvalue weighted by atomic mass is 10.1. The smallest absolute Gasteiger partial charge is 0.303 e. The maximum absolute atomic E-state index is 11.9. The maximum atomic E-state index is 11.9. The number of carbonyl (C=O) groups is 1. The largest absolute Gasteiger partial charge is 0.481 e. The van der Waals surface area contributed by atoms with Gasteiger partial charge in [-0.1, -0.05) is 12.1 Å². The Morgan fingerprint density at radius 2 is 2.00 bits per heavy atom. The van der Waals surface area contributed by atoms with Gasteiger partial charge in [-0.25, -0.2) is 0 Å². The van der Waals surface area contributed by atoms with Crippen LogP contribution in [-0.4, -0.2) is 15.6 Å². The highest BCUT2D eigenvalue weighted by molar-refractivity contribution is 5.67. The highest BCUT2D eigenvalue weighted by atomic mass is 16.4. The summed E-state index contributed by atoms with van der Waals surface area (Å²) < 4.78 is 1.92. The van der Waals surface area contributed by atoms with E-state index in [1.807, 2.05) is 42.7 Å². The zero-order valence-electron chi connectivity index (χ0n) is 11.6. The van der Waals surface area contributed by atoms with Crippen molar-refractivity contribution in [3.05, 3.63) is 63.6 Å². The Labute approximate surface area is 117 Å². The lowest BCUT2D eigenvalue weighted by Crippen LogP contribution is -2.15. The molecule has 4 heteroatoms. The van der Waals surface area contributed by atoms with Crippen molar-refractivity contribution in [3.8, 4) is 5.69 Å². The molecule has 0 spiro atoms. The molecule has 0 bridgehead atoms. The molecule has 0 atom stereocenters. The number of hydrogen-bond donors (Lipinski definition) is 1. The summed E-state index contributed by atoms with van der Waals surface area (Å²) in [6.45, 7) is 3.87. The van der Waals surface area contributed by atoms with Crippen molar-refractivity contribution in [2.45, 2.75) is 26.7 Å². The number of pyridine rings is 1. The quantitative estimate of drug-likeness (QED) is 0.929. The van der Waals surface area contributed by atoms with Crippen LogP contribution >= 0.6 is 0 Å². The van der Waals surface area contributed by atoms with Crippen molar-refractivity contribution in [1.29, 1.82) is 0 Å². The van der Waals surface area contributed by atoms with E-state index in [9.17, 15) is 9.59 Å². The lowest BCUT2D eigenvalue weighted by molar-refractivity contribution is -0.136. The van der Waals surface area contributed by atoms with Gasteiger partial charge in [-0.2, -0.15) is 0 Å². The van der Waals surface area contributed by atoms with Gasteiger partial charge in [0, 0.05) is 35.6 Å². The maximum Gasteiger partial charge on any atom is 0.303 e. The van der Waals surface area contributed by atoms with Crippen LogP contribution in [-0.2, 0) is 11.2 Å². The van der Waals surface area contributed by atoms with E-state index in [2.05, 4.69) is 0 Å². The molecule has 1 aromatic carbocycles. The molecule has 2 aromatic rings. The van der Waals surface area contributed by atoms with Crippen molar-refractivity contribution in [2.24, 2.45) is 0 Å². The third-order valence-electron chi connectivity index (χ3n) is 3.21. The third kappa shape index (κ3) is 3.15. The van der Waals surface area contributed by atoms with Crippen LogP contribution in [0.2, 0.25) is 0 Å². The fourth-order valence-corrected chi connectivity index (χ4v) is 2.16. The number of rotatable bonds is 4. The zero-order valence-corrected chi connectivity index (χ0v) is 11.6. The number of benzene rings is 1. The summed E-state index contributed by atoms with van der Waals surface area (Å²) in [5.74, 6) is -0.896. The Morgan fingerprint density at radius 3 is 2.65 bits per heavy atom. The summed E-state index contributed by atoms with van der Waals surface area (Å²) in [6.07, 6.45) is 1.96. The summed E-state index contributed by atoms with van der Waals surface area (Å²) in [4.78, 5) is 22.5. The number of carboxylic acid groups (broad SMARTS) is 1. The standard InChI is InChI=1S/C16H17NO3/c1-11-4-3-5-14(8-11)17-10-13(6-7-16(19)20)15(18)9-12(17)2/h3-5,8-10H,6-7H2,1-2H3,(H,19,20). The molecule has 0 radical (unpaired) electrons. The Kier molecular flexibility index (Phi) is 4.03. The Balaban J connectivity index is 2.46. The van der Waals surface area contributed by atoms with Gasteiger partial charge in [0.25, 0.3) is 0 Å². The van der Waals surface area contributed by atoms with Gasteiger partial charge < -0.3 is 9.67 Å². The molecular formula is C16H17NO3. The van der Waals surface area contributed by atoms with Gasteiger partial charge in [0.15, 0.2) is 5.43 Å². The van der Waals surface area contributed by atoms with Crippen molar-refractivity contribution in [3.63, 3.8) is 0 Å². The molecule has 0 amide bonds. The molecule has 0 fully saturated rings. The number of hydrogen-bond acceptors (Lipinski definition) is 2. The minimum absolute atomic E-state index is 0.0356. The van der Waals surface area contributed by atoms with Crippen LogP contribution in [0.4, 0.5) is 0 Å². The summed E-state index contributed by atoms with van der Waals surface area (Å²) in [7, 11) is 0. The molecule has 0 saturated heterocycles. The van der Waals surface area contributed by atoms with Crippen LogP contribution in [0.5, 0.6) is 0 Å². The van der Waals surface area contributed by atoms with Crippen LogP contribution < -0.4 is 5.43 Å². The minimum atomic E-state index is -0.896. The molecule has 0 aliphatic rings. The molecule has 0 aliphatic heterocycles. The van der Waals surface area contributed by atoms with Gasteiger partial charge in [-0.3, -0.25) is 9.59 Å². The van der Waals surface area contributed by atoms with Crippen molar-refractivity contribution < 1.29 is 9.90 Å². The van der Waals surface area contributed by atoms with Crippen molar-refractivity contribution in [1.82, 2.24) is 4.57 Å². The molecule has 104 valence electrons. The highest BCUT2D eigenvalue weighted by Gasteiger charge is 2.07. The minimum Gasteiger partial charge on any atom is -0.481 e. The number of aromatic nitrogens is 1. The average molecular weight is 271 g/mol. The first-order valence-electron chi connectivity index (χ1n) is 6.48. The van der Waals surface area contributed by atoms with E-state index >= 15 is 0 Å². The van der Waals surface area contributed by atoms with Gasteiger partial charge in [0.1, 0.15) is 0 Å². The van der Waals surface area contributed by atoms with E-state index in [0.717, 1.165) is 16.9 Å². The van der Waals surface area contributed by atoms with Crippen LogP contribution in [0.15, 0.2) is 41.3 Å². The van der Waals surface area contributed by atoms with Crippen LogP contribution in [0, 0.1) is 13.8 Å². The van der Waals surface area contributed by atoms with E-state index in [4.69, 9.17) is 5.11 Å².